The molecule has 0 radical (unpaired) electrons. The lowest BCUT2D eigenvalue weighted by Gasteiger charge is -2.23. The first-order chi connectivity index (χ1) is 11.3. The summed E-state index contributed by atoms with van der Waals surface area (Å²) in [6, 6.07) is 4.90. The van der Waals surface area contributed by atoms with E-state index in [-0.39, 0.29) is 24.6 Å². The van der Waals surface area contributed by atoms with Gasteiger partial charge in [0.1, 0.15) is 5.60 Å². The zero-order chi connectivity index (χ0) is 17.7. The summed E-state index contributed by atoms with van der Waals surface area (Å²) < 4.78 is 36.4. The number of nitrogens with zero attached hydrogens (tertiary/aromatic N) is 2. The van der Waals surface area contributed by atoms with Crippen LogP contribution in [-0.4, -0.2) is 35.2 Å². The number of aromatic nitrogens is 2. The molecule has 2 aromatic rings. The van der Waals surface area contributed by atoms with Crippen LogP contribution in [0.5, 0.6) is 11.5 Å². The molecule has 0 aliphatic heterocycles. The highest BCUT2D eigenvalue weighted by molar-refractivity contribution is 5.46. The molecular formula is C16H21F2N3O3. The van der Waals surface area contributed by atoms with Gasteiger partial charge in [-0.25, -0.2) is 0 Å². The Kier molecular flexibility index (Phi) is 5.74. The quantitative estimate of drug-likeness (QED) is 0.769. The van der Waals surface area contributed by atoms with Gasteiger partial charge in [0.2, 0.25) is 0 Å². The van der Waals surface area contributed by atoms with Gasteiger partial charge in [-0.1, -0.05) is 12.1 Å². The van der Waals surface area contributed by atoms with Crippen molar-refractivity contribution >= 4 is 0 Å². The predicted octanol–water partition coefficient (Wildman–Crippen LogP) is 2.03. The third-order valence-corrected chi connectivity index (χ3v) is 3.60. The molecule has 0 fully saturated rings. The molecule has 0 amide bonds. The maximum Gasteiger partial charge on any atom is 0.387 e. The molecular weight excluding hydrogens is 320 g/mol. The highest BCUT2D eigenvalue weighted by Gasteiger charge is 2.24. The van der Waals surface area contributed by atoms with Crippen molar-refractivity contribution in [3.8, 4) is 11.5 Å². The van der Waals surface area contributed by atoms with Gasteiger partial charge < -0.3 is 19.9 Å². The number of para-hydroxylation sites is 1. The van der Waals surface area contributed by atoms with Gasteiger partial charge in [-0.05, 0) is 13.0 Å². The van der Waals surface area contributed by atoms with Crippen molar-refractivity contribution < 1.29 is 23.4 Å². The summed E-state index contributed by atoms with van der Waals surface area (Å²) in [5.74, 6) is 0.220. The maximum absolute atomic E-state index is 12.6. The topological polar surface area (TPSA) is 68.5 Å². The first kappa shape index (κ1) is 18.2. The minimum Gasteiger partial charge on any atom is -0.493 e. The first-order valence-corrected chi connectivity index (χ1v) is 7.36. The van der Waals surface area contributed by atoms with Gasteiger partial charge in [-0.2, -0.15) is 13.9 Å². The van der Waals surface area contributed by atoms with Crippen LogP contribution in [-0.2, 0) is 19.2 Å². The second-order valence-electron chi connectivity index (χ2n) is 5.61. The molecule has 0 aliphatic carbocycles. The van der Waals surface area contributed by atoms with E-state index in [1.165, 1.54) is 7.11 Å². The fraction of sp³-hybridized carbons (Fsp3) is 0.438. The molecule has 1 atom stereocenters. The fourth-order valence-electron chi connectivity index (χ4n) is 2.33. The van der Waals surface area contributed by atoms with Crippen molar-refractivity contribution in [3.05, 3.63) is 41.7 Å². The lowest BCUT2D eigenvalue weighted by atomic mass is 9.99. The number of benzene rings is 1. The number of alkyl halides is 2. The molecule has 1 aromatic carbocycles. The van der Waals surface area contributed by atoms with E-state index < -0.39 is 12.2 Å². The molecule has 24 heavy (non-hydrogen) atoms. The first-order valence-electron chi connectivity index (χ1n) is 7.36. The molecule has 1 heterocycles. The smallest absolute Gasteiger partial charge is 0.387 e. The van der Waals surface area contributed by atoms with Crippen LogP contribution in [0.2, 0.25) is 0 Å². The Balaban J connectivity index is 2.06. The molecule has 132 valence electrons. The second kappa shape index (κ2) is 7.59. The number of hydrogen-bond acceptors (Lipinski definition) is 5. The summed E-state index contributed by atoms with van der Waals surface area (Å²) >= 11 is 0. The summed E-state index contributed by atoms with van der Waals surface area (Å²) in [5, 5.41) is 17.6. The van der Waals surface area contributed by atoms with Gasteiger partial charge in [0.05, 0.1) is 13.3 Å². The molecule has 2 rings (SSSR count). The van der Waals surface area contributed by atoms with Crippen LogP contribution < -0.4 is 14.8 Å². The Morgan fingerprint density at radius 3 is 2.75 bits per heavy atom. The van der Waals surface area contributed by atoms with Crippen molar-refractivity contribution in [2.45, 2.75) is 25.7 Å². The van der Waals surface area contributed by atoms with Gasteiger partial charge in [0.15, 0.2) is 11.5 Å². The van der Waals surface area contributed by atoms with Crippen LogP contribution in [0.15, 0.2) is 30.6 Å². The number of hydrogen-bond donors (Lipinski definition) is 2. The van der Waals surface area contributed by atoms with Crippen LogP contribution in [0, 0.1) is 0 Å². The normalized spacial score (nSPS) is 13.8. The van der Waals surface area contributed by atoms with Crippen molar-refractivity contribution in [3.63, 3.8) is 0 Å². The van der Waals surface area contributed by atoms with Crippen molar-refractivity contribution in [1.29, 1.82) is 0 Å². The highest BCUT2D eigenvalue weighted by Crippen LogP contribution is 2.32. The Hall–Kier alpha value is -2.19. The lowest BCUT2D eigenvalue weighted by molar-refractivity contribution is -0.0519. The summed E-state index contributed by atoms with van der Waals surface area (Å²) in [6.07, 6.45) is 3.30. The Bertz CT molecular complexity index is 674. The van der Waals surface area contributed by atoms with E-state index in [4.69, 9.17) is 4.74 Å². The van der Waals surface area contributed by atoms with E-state index in [2.05, 4.69) is 15.2 Å². The molecule has 1 aromatic heterocycles. The largest absolute Gasteiger partial charge is 0.493 e. The van der Waals surface area contributed by atoms with E-state index in [0.29, 0.717) is 11.1 Å². The molecule has 8 heteroatoms. The zero-order valence-corrected chi connectivity index (χ0v) is 13.8. The van der Waals surface area contributed by atoms with E-state index in [1.54, 1.807) is 49.2 Å². The van der Waals surface area contributed by atoms with E-state index in [0.717, 1.165) is 0 Å². The van der Waals surface area contributed by atoms with Gasteiger partial charge in [-0.15, -0.1) is 0 Å². The summed E-state index contributed by atoms with van der Waals surface area (Å²) in [7, 11) is 3.15. The third-order valence-electron chi connectivity index (χ3n) is 3.60. The minimum absolute atomic E-state index is 0.0106. The molecule has 0 saturated heterocycles. The molecule has 2 N–H and O–H groups in total. The number of ether oxygens (including phenoxy) is 2. The molecule has 6 nitrogen and oxygen atoms in total. The van der Waals surface area contributed by atoms with E-state index in [9.17, 15) is 13.9 Å². The SMILES string of the molecule is COc1cccc(CNCC(C)(O)c2cnn(C)c2)c1OC(F)F. The van der Waals surface area contributed by atoms with E-state index in [1.807, 2.05) is 0 Å². The maximum atomic E-state index is 12.6. The van der Waals surface area contributed by atoms with E-state index >= 15 is 0 Å². The number of halogens is 2. The van der Waals surface area contributed by atoms with Crippen molar-refractivity contribution in [2.24, 2.45) is 7.05 Å². The number of aliphatic hydroxyl groups is 1. The molecule has 1 unspecified atom stereocenters. The van der Waals surface area contributed by atoms with Crippen molar-refractivity contribution in [1.82, 2.24) is 15.1 Å². The van der Waals surface area contributed by atoms with Gasteiger partial charge in [0.25, 0.3) is 0 Å². The number of methoxy groups -OCH3 is 1. The predicted molar refractivity (Wildman–Crippen MR) is 84.1 cm³/mol. The van der Waals surface area contributed by atoms with Crippen LogP contribution in [0.3, 0.4) is 0 Å². The lowest BCUT2D eigenvalue weighted by Crippen LogP contribution is -2.35. The minimum atomic E-state index is -2.95. The van der Waals surface area contributed by atoms with Crippen LogP contribution >= 0.6 is 0 Å². The summed E-state index contributed by atoms with van der Waals surface area (Å²) in [6.45, 7) is -0.850. The number of rotatable bonds is 8. The zero-order valence-electron chi connectivity index (χ0n) is 13.8. The van der Waals surface area contributed by atoms with Crippen molar-refractivity contribution in [2.75, 3.05) is 13.7 Å². The van der Waals surface area contributed by atoms with Crippen LogP contribution in [0.25, 0.3) is 0 Å². The summed E-state index contributed by atoms with van der Waals surface area (Å²) in [4.78, 5) is 0. The third kappa shape index (κ3) is 4.42. The average molecular weight is 341 g/mol. The van der Waals surface area contributed by atoms with Gasteiger partial charge in [0, 0.05) is 37.5 Å². The van der Waals surface area contributed by atoms with Gasteiger partial charge in [-0.3, -0.25) is 4.68 Å². The Morgan fingerprint density at radius 2 is 2.17 bits per heavy atom. The Morgan fingerprint density at radius 1 is 1.42 bits per heavy atom. The summed E-state index contributed by atoms with van der Waals surface area (Å²) in [5.41, 5.74) is 0.0282. The number of nitrogens with one attached hydrogen (secondary N) is 1. The monoisotopic (exact) mass is 341 g/mol. The molecule has 0 bridgehead atoms. The molecule has 0 spiro atoms. The van der Waals surface area contributed by atoms with Gasteiger partial charge >= 0.3 is 6.61 Å². The van der Waals surface area contributed by atoms with Crippen LogP contribution in [0.1, 0.15) is 18.1 Å². The second-order valence-corrected chi connectivity index (χ2v) is 5.61. The number of aryl methyl sites for hydroxylation is 1. The Labute approximate surface area is 139 Å². The molecule has 0 saturated carbocycles. The highest BCUT2D eigenvalue weighted by atomic mass is 19.3. The average Bonchev–Trinajstić information content (AvgIpc) is 2.95. The van der Waals surface area contributed by atoms with Crippen LogP contribution in [0.4, 0.5) is 8.78 Å². The fourth-order valence-corrected chi connectivity index (χ4v) is 2.33. The molecule has 0 aliphatic rings. The standard InChI is InChI=1S/C16H21F2N3O3/c1-16(22,12-8-20-21(2)9-12)10-19-7-11-5-4-6-13(23-3)14(11)24-15(17)18/h4-6,8-9,15,19,22H,7,10H2,1-3H3.